The quantitative estimate of drug-likeness (QED) is 0.595. The molecule has 1 atom stereocenters. The van der Waals surface area contributed by atoms with Gasteiger partial charge in [-0.2, -0.15) is 0 Å². The van der Waals surface area contributed by atoms with Crippen molar-refractivity contribution in [3.8, 4) is 5.75 Å². The molecule has 1 unspecified atom stereocenters. The summed E-state index contributed by atoms with van der Waals surface area (Å²) in [6.45, 7) is 0. The van der Waals surface area contributed by atoms with Crippen LogP contribution in [0.25, 0.3) is 0 Å². The zero-order valence-electron chi connectivity index (χ0n) is 16.6. The Morgan fingerprint density at radius 1 is 1.23 bits per heavy atom. The highest BCUT2D eigenvalue weighted by atomic mass is 32.2. The Morgan fingerprint density at radius 2 is 1.97 bits per heavy atom. The van der Waals surface area contributed by atoms with E-state index in [0.29, 0.717) is 17.1 Å². The third kappa shape index (κ3) is 4.19. The van der Waals surface area contributed by atoms with Crippen LogP contribution < -0.4 is 14.8 Å². The van der Waals surface area contributed by atoms with Crippen molar-refractivity contribution in [2.75, 3.05) is 14.2 Å². The van der Waals surface area contributed by atoms with Gasteiger partial charge in [0.05, 0.1) is 17.6 Å². The molecule has 0 saturated carbocycles. The van der Waals surface area contributed by atoms with Crippen LogP contribution in [0.1, 0.15) is 27.8 Å². The first-order valence-corrected chi connectivity index (χ1v) is 10.4. The number of amides is 1. The van der Waals surface area contributed by atoms with Gasteiger partial charge in [0.25, 0.3) is 5.91 Å². The summed E-state index contributed by atoms with van der Waals surface area (Å²) < 4.78 is 47.8. The fourth-order valence-electron chi connectivity index (χ4n) is 3.01. The smallest absolute Gasteiger partial charge is 0.255 e. The van der Waals surface area contributed by atoms with E-state index in [1.54, 1.807) is 48.3 Å². The van der Waals surface area contributed by atoms with Gasteiger partial charge in [-0.3, -0.25) is 4.79 Å². The predicted octanol–water partition coefficient (Wildman–Crippen LogP) is 2.00. The predicted molar refractivity (Wildman–Crippen MR) is 108 cm³/mol. The average molecular weight is 432 g/mol. The number of rotatable bonds is 7. The van der Waals surface area contributed by atoms with E-state index in [0.717, 1.165) is 18.2 Å². The molecule has 8 nitrogen and oxygen atoms in total. The van der Waals surface area contributed by atoms with Crippen LogP contribution >= 0.6 is 0 Å². The molecule has 0 bridgehead atoms. The van der Waals surface area contributed by atoms with E-state index in [4.69, 9.17) is 4.74 Å². The third-order valence-electron chi connectivity index (χ3n) is 4.60. The average Bonchev–Trinajstić information content (AvgIpc) is 3.17. The van der Waals surface area contributed by atoms with Crippen LogP contribution in [0, 0.1) is 5.82 Å². The molecule has 3 aromatic rings. The Bertz CT molecular complexity index is 1180. The lowest BCUT2D eigenvalue weighted by Gasteiger charge is -2.21. The van der Waals surface area contributed by atoms with Gasteiger partial charge in [-0.15, -0.1) is 0 Å². The lowest BCUT2D eigenvalue weighted by Crippen LogP contribution is -2.32. The minimum atomic E-state index is -3.85. The molecule has 0 aliphatic heterocycles. The Labute approximate surface area is 173 Å². The van der Waals surface area contributed by atoms with E-state index in [1.165, 1.54) is 14.2 Å². The van der Waals surface area contributed by atoms with E-state index in [-0.39, 0.29) is 4.90 Å². The SMILES string of the molecule is CNS(=O)(=O)c1ccc(F)c(C(=O)NC(c2ccccc2OC)c2nccn2C)c1. The minimum absolute atomic E-state index is 0.220. The first-order valence-electron chi connectivity index (χ1n) is 8.92. The van der Waals surface area contributed by atoms with Gasteiger partial charge >= 0.3 is 0 Å². The molecule has 1 amide bonds. The number of nitrogens with zero attached hydrogens (tertiary/aromatic N) is 2. The van der Waals surface area contributed by atoms with Crippen molar-refractivity contribution in [2.45, 2.75) is 10.9 Å². The second-order valence-electron chi connectivity index (χ2n) is 6.39. The molecule has 1 heterocycles. The fourth-order valence-corrected chi connectivity index (χ4v) is 3.77. The van der Waals surface area contributed by atoms with Crippen LogP contribution in [0.4, 0.5) is 4.39 Å². The molecule has 30 heavy (non-hydrogen) atoms. The summed E-state index contributed by atoms with van der Waals surface area (Å²) in [5, 5.41) is 2.75. The number of carbonyl (C=O) groups excluding carboxylic acids is 1. The number of carbonyl (C=O) groups is 1. The molecule has 0 aliphatic carbocycles. The summed E-state index contributed by atoms with van der Waals surface area (Å²) in [5.41, 5.74) is 0.211. The van der Waals surface area contributed by atoms with E-state index in [2.05, 4.69) is 15.0 Å². The molecule has 0 saturated heterocycles. The van der Waals surface area contributed by atoms with Crippen LogP contribution in [0.15, 0.2) is 59.8 Å². The number of para-hydroxylation sites is 1. The molecule has 3 rings (SSSR count). The molecule has 0 spiro atoms. The van der Waals surface area contributed by atoms with Gasteiger partial charge in [0.1, 0.15) is 23.4 Å². The lowest BCUT2D eigenvalue weighted by molar-refractivity contribution is 0.0936. The van der Waals surface area contributed by atoms with Gasteiger partial charge in [0, 0.05) is 25.0 Å². The molecule has 0 fully saturated rings. The molecular weight excluding hydrogens is 411 g/mol. The maximum Gasteiger partial charge on any atom is 0.255 e. The van der Waals surface area contributed by atoms with Gasteiger partial charge in [0.2, 0.25) is 10.0 Å². The number of benzene rings is 2. The molecule has 2 N–H and O–H groups in total. The lowest BCUT2D eigenvalue weighted by atomic mass is 10.0. The second kappa shape index (κ2) is 8.64. The number of nitrogens with one attached hydrogen (secondary N) is 2. The maximum atomic E-state index is 14.4. The van der Waals surface area contributed by atoms with Crippen LogP contribution in [0.3, 0.4) is 0 Å². The molecule has 0 aliphatic rings. The van der Waals surface area contributed by atoms with Gasteiger partial charge < -0.3 is 14.6 Å². The molecule has 158 valence electrons. The number of ether oxygens (including phenoxy) is 1. The van der Waals surface area contributed by atoms with Crippen LogP contribution in [0.2, 0.25) is 0 Å². The van der Waals surface area contributed by atoms with Crippen molar-refractivity contribution in [2.24, 2.45) is 7.05 Å². The topological polar surface area (TPSA) is 102 Å². The number of hydrogen-bond donors (Lipinski definition) is 2. The summed E-state index contributed by atoms with van der Waals surface area (Å²) >= 11 is 0. The largest absolute Gasteiger partial charge is 0.496 e. The van der Waals surface area contributed by atoms with Crippen molar-refractivity contribution in [1.29, 1.82) is 0 Å². The Hall–Kier alpha value is -3.24. The first kappa shape index (κ1) is 21.5. The number of aryl methyl sites for hydroxylation is 1. The number of aromatic nitrogens is 2. The van der Waals surface area contributed by atoms with Crippen molar-refractivity contribution >= 4 is 15.9 Å². The van der Waals surface area contributed by atoms with Crippen LogP contribution in [-0.2, 0) is 17.1 Å². The zero-order chi connectivity index (χ0) is 21.9. The molecule has 10 heteroatoms. The number of halogens is 1. The third-order valence-corrected chi connectivity index (χ3v) is 6.02. The maximum absolute atomic E-state index is 14.4. The minimum Gasteiger partial charge on any atom is -0.496 e. The normalized spacial score (nSPS) is 12.4. The summed E-state index contributed by atoms with van der Waals surface area (Å²) in [4.78, 5) is 17.1. The van der Waals surface area contributed by atoms with E-state index >= 15 is 0 Å². The number of hydrogen-bond acceptors (Lipinski definition) is 5. The van der Waals surface area contributed by atoms with Crippen LogP contribution in [-0.4, -0.2) is 38.0 Å². The summed E-state index contributed by atoms with van der Waals surface area (Å²) in [6.07, 6.45) is 3.29. The summed E-state index contributed by atoms with van der Waals surface area (Å²) in [5.74, 6) is -0.634. The highest BCUT2D eigenvalue weighted by molar-refractivity contribution is 7.89. The molecule has 0 radical (unpaired) electrons. The zero-order valence-corrected chi connectivity index (χ0v) is 17.4. The second-order valence-corrected chi connectivity index (χ2v) is 8.28. The number of imidazole rings is 1. The summed E-state index contributed by atoms with van der Waals surface area (Å²) in [7, 11) is 0.651. The van der Waals surface area contributed by atoms with Gasteiger partial charge in [-0.25, -0.2) is 22.5 Å². The van der Waals surface area contributed by atoms with Crippen LogP contribution in [0.5, 0.6) is 5.75 Å². The highest BCUT2D eigenvalue weighted by Crippen LogP contribution is 2.29. The Kier molecular flexibility index (Phi) is 6.18. The van der Waals surface area contributed by atoms with Crippen molar-refractivity contribution in [1.82, 2.24) is 19.6 Å². The summed E-state index contributed by atoms with van der Waals surface area (Å²) in [6, 6.07) is 9.32. The number of sulfonamides is 1. The van der Waals surface area contributed by atoms with Gasteiger partial charge in [0.15, 0.2) is 0 Å². The van der Waals surface area contributed by atoms with Crippen molar-refractivity contribution < 1.29 is 22.3 Å². The van der Waals surface area contributed by atoms with E-state index < -0.39 is 33.4 Å². The molecule has 1 aromatic heterocycles. The van der Waals surface area contributed by atoms with Crippen molar-refractivity contribution in [3.05, 3.63) is 77.6 Å². The highest BCUT2D eigenvalue weighted by Gasteiger charge is 2.26. The van der Waals surface area contributed by atoms with E-state index in [1.807, 2.05) is 0 Å². The number of methoxy groups -OCH3 is 1. The first-order chi connectivity index (χ1) is 14.3. The standard InChI is InChI=1S/C20H21FN4O4S/c1-22-30(27,28)13-8-9-16(21)15(12-13)20(26)24-18(19-23-10-11-25(19)2)14-6-4-5-7-17(14)29-3/h4-12,18,22H,1-3H3,(H,24,26). The van der Waals surface area contributed by atoms with Crippen molar-refractivity contribution in [3.63, 3.8) is 0 Å². The molecule has 2 aromatic carbocycles. The Morgan fingerprint density at radius 3 is 2.60 bits per heavy atom. The van der Waals surface area contributed by atoms with E-state index in [9.17, 15) is 17.6 Å². The molecular formula is C20H21FN4O4S. The Balaban J connectivity index is 2.05. The van der Waals surface area contributed by atoms with Gasteiger partial charge in [-0.1, -0.05) is 18.2 Å². The van der Waals surface area contributed by atoms with Gasteiger partial charge in [-0.05, 0) is 31.3 Å². The monoisotopic (exact) mass is 432 g/mol. The fraction of sp³-hybridized carbons (Fsp3) is 0.200.